The zero-order chi connectivity index (χ0) is 15.5. The maximum absolute atomic E-state index is 12.5. The zero-order valence-corrected chi connectivity index (χ0v) is 13.4. The van der Waals surface area contributed by atoms with Crippen LogP contribution >= 0.6 is 0 Å². The van der Waals surface area contributed by atoms with E-state index in [4.69, 9.17) is 5.73 Å². The number of likely N-dealkylation sites (tertiary alicyclic amines) is 1. The Labute approximate surface area is 133 Å². The summed E-state index contributed by atoms with van der Waals surface area (Å²) in [5, 5.41) is 3.64. The first-order chi connectivity index (χ1) is 10.6. The van der Waals surface area contributed by atoms with E-state index in [1.54, 1.807) is 0 Å². The Bertz CT molecular complexity index is 502. The summed E-state index contributed by atoms with van der Waals surface area (Å²) in [5.74, 6) is 0.971. The maximum Gasteiger partial charge on any atom is 0.244 e. The van der Waals surface area contributed by atoms with Crippen LogP contribution in [-0.4, -0.2) is 36.5 Å². The Morgan fingerprint density at radius 3 is 2.45 bits per heavy atom. The van der Waals surface area contributed by atoms with Crippen LogP contribution in [0.5, 0.6) is 0 Å². The Hall–Kier alpha value is -1.39. The monoisotopic (exact) mass is 301 g/mol. The van der Waals surface area contributed by atoms with E-state index in [-0.39, 0.29) is 5.91 Å². The molecule has 3 N–H and O–H groups in total. The first-order valence-corrected chi connectivity index (χ1v) is 8.48. The van der Waals surface area contributed by atoms with Crippen molar-refractivity contribution >= 4 is 5.91 Å². The lowest BCUT2D eigenvalue weighted by molar-refractivity contribution is -0.133. The zero-order valence-electron chi connectivity index (χ0n) is 13.4. The number of nitrogens with one attached hydrogen (secondary N) is 1. The Kier molecular flexibility index (Phi) is 4.79. The largest absolute Gasteiger partial charge is 0.341 e. The lowest BCUT2D eigenvalue weighted by atomic mass is 10.0. The van der Waals surface area contributed by atoms with Crippen molar-refractivity contribution in [3.8, 4) is 0 Å². The molecule has 1 aromatic carbocycles. The summed E-state index contributed by atoms with van der Waals surface area (Å²) in [6.07, 6.45) is 4.85. The lowest BCUT2D eigenvalue weighted by Crippen LogP contribution is -2.47. The number of nitrogens with zero attached hydrogens (tertiary/aromatic N) is 1. The second-order valence-corrected chi connectivity index (χ2v) is 6.84. The van der Waals surface area contributed by atoms with E-state index in [2.05, 4.69) is 5.32 Å². The smallest absolute Gasteiger partial charge is 0.244 e. The first-order valence-electron chi connectivity index (χ1n) is 8.48. The Morgan fingerprint density at radius 1 is 1.23 bits per heavy atom. The van der Waals surface area contributed by atoms with Gasteiger partial charge in [0.2, 0.25) is 5.91 Å². The van der Waals surface area contributed by atoms with E-state index < -0.39 is 6.04 Å². The van der Waals surface area contributed by atoms with E-state index in [1.165, 1.54) is 18.4 Å². The van der Waals surface area contributed by atoms with Gasteiger partial charge in [0.15, 0.2) is 0 Å². The summed E-state index contributed by atoms with van der Waals surface area (Å²) in [6.45, 7) is 4.83. The third-order valence-electron chi connectivity index (χ3n) is 4.90. The summed E-state index contributed by atoms with van der Waals surface area (Å²) in [6, 6.07) is 7.98. The van der Waals surface area contributed by atoms with Gasteiger partial charge in [-0.2, -0.15) is 0 Å². The van der Waals surface area contributed by atoms with Gasteiger partial charge in [-0.05, 0) is 50.6 Å². The molecule has 1 atom stereocenters. The number of carbonyl (C=O) groups is 1. The van der Waals surface area contributed by atoms with Crippen LogP contribution in [0.4, 0.5) is 0 Å². The van der Waals surface area contributed by atoms with Crippen LogP contribution in [0.1, 0.15) is 42.9 Å². The molecule has 1 unspecified atom stereocenters. The molecule has 1 saturated heterocycles. The van der Waals surface area contributed by atoms with Crippen molar-refractivity contribution < 1.29 is 4.79 Å². The molecule has 1 heterocycles. The number of nitrogens with two attached hydrogens (primary N) is 1. The fourth-order valence-corrected chi connectivity index (χ4v) is 3.07. The molecule has 1 aromatic rings. The molecule has 1 amide bonds. The van der Waals surface area contributed by atoms with Gasteiger partial charge < -0.3 is 16.0 Å². The van der Waals surface area contributed by atoms with Gasteiger partial charge in [0.05, 0.1) is 0 Å². The van der Waals surface area contributed by atoms with Crippen molar-refractivity contribution in [2.45, 2.75) is 44.7 Å². The maximum atomic E-state index is 12.5. The molecule has 0 radical (unpaired) electrons. The fraction of sp³-hybridized carbons (Fsp3) is 0.611. The molecule has 2 fully saturated rings. The van der Waals surface area contributed by atoms with Crippen molar-refractivity contribution in [2.24, 2.45) is 11.7 Å². The molecule has 4 nitrogen and oxygen atoms in total. The molecular weight excluding hydrogens is 274 g/mol. The first kappa shape index (κ1) is 15.5. The van der Waals surface area contributed by atoms with E-state index in [0.717, 1.165) is 44.0 Å². The third-order valence-corrected chi connectivity index (χ3v) is 4.90. The van der Waals surface area contributed by atoms with E-state index in [1.807, 2.05) is 36.1 Å². The predicted molar refractivity (Wildman–Crippen MR) is 88.4 cm³/mol. The third kappa shape index (κ3) is 3.87. The minimum atomic E-state index is -0.531. The van der Waals surface area contributed by atoms with E-state index >= 15 is 0 Å². The van der Waals surface area contributed by atoms with Crippen molar-refractivity contribution in [1.82, 2.24) is 10.2 Å². The van der Waals surface area contributed by atoms with Crippen LogP contribution in [0, 0.1) is 12.8 Å². The van der Waals surface area contributed by atoms with Crippen LogP contribution < -0.4 is 11.1 Å². The highest BCUT2D eigenvalue weighted by Crippen LogP contribution is 2.28. The quantitative estimate of drug-likeness (QED) is 0.874. The highest BCUT2D eigenvalue weighted by molar-refractivity contribution is 5.83. The van der Waals surface area contributed by atoms with Crippen LogP contribution in [0.3, 0.4) is 0 Å². The van der Waals surface area contributed by atoms with E-state index in [9.17, 15) is 4.79 Å². The fourth-order valence-electron chi connectivity index (χ4n) is 3.07. The highest BCUT2D eigenvalue weighted by atomic mass is 16.2. The molecule has 2 aliphatic rings. The van der Waals surface area contributed by atoms with Crippen molar-refractivity contribution in [2.75, 3.05) is 19.6 Å². The molecule has 1 aliphatic heterocycles. The second kappa shape index (κ2) is 6.80. The molecule has 0 spiro atoms. The van der Waals surface area contributed by atoms with Crippen LogP contribution in [0.15, 0.2) is 24.3 Å². The normalized spacial score (nSPS) is 20.9. The van der Waals surface area contributed by atoms with Gasteiger partial charge in [0.1, 0.15) is 6.04 Å². The molecule has 0 aromatic heterocycles. The van der Waals surface area contributed by atoms with Gasteiger partial charge >= 0.3 is 0 Å². The molecule has 4 heteroatoms. The molecule has 22 heavy (non-hydrogen) atoms. The molecule has 120 valence electrons. The average Bonchev–Trinajstić information content (AvgIpc) is 3.37. The number of benzene rings is 1. The van der Waals surface area contributed by atoms with Crippen molar-refractivity contribution in [1.29, 1.82) is 0 Å². The highest BCUT2D eigenvalue weighted by Gasteiger charge is 2.28. The summed E-state index contributed by atoms with van der Waals surface area (Å²) >= 11 is 0. The number of carbonyl (C=O) groups excluding carboxylic acids is 1. The molecular formula is C18H27N3O. The molecule has 0 bridgehead atoms. The van der Waals surface area contributed by atoms with Crippen LogP contribution in [0.2, 0.25) is 0 Å². The van der Waals surface area contributed by atoms with Crippen LogP contribution in [-0.2, 0) is 4.79 Å². The van der Waals surface area contributed by atoms with Crippen molar-refractivity contribution in [3.63, 3.8) is 0 Å². The van der Waals surface area contributed by atoms with Gasteiger partial charge in [-0.25, -0.2) is 0 Å². The van der Waals surface area contributed by atoms with Gasteiger partial charge in [-0.1, -0.05) is 29.8 Å². The standard InChI is InChI=1S/C18H27N3O/c1-13-2-6-15(7-3-13)17(19)18(22)21-10-8-16(9-11-21)20-12-14-4-5-14/h2-3,6-7,14,16-17,20H,4-5,8-12,19H2,1H3. The number of aryl methyl sites for hydroxylation is 1. The van der Waals surface area contributed by atoms with Crippen molar-refractivity contribution in [3.05, 3.63) is 35.4 Å². The Morgan fingerprint density at radius 2 is 1.86 bits per heavy atom. The number of amides is 1. The number of hydrogen-bond donors (Lipinski definition) is 2. The second-order valence-electron chi connectivity index (χ2n) is 6.84. The summed E-state index contributed by atoms with van der Waals surface area (Å²) in [4.78, 5) is 14.5. The summed E-state index contributed by atoms with van der Waals surface area (Å²) in [7, 11) is 0. The predicted octanol–water partition coefficient (Wildman–Crippen LogP) is 1.99. The minimum absolute atomic E-state index is 0.0597. The summed E-state index contributed by atoms with van der Waals surface area (Å²) in [5.41, 5.74) is 8.25. The van der Waals surface area contributed by atoms with Gasteiger partial charge in [-0.3, -0.25) is 4.79 Å². The Balaban J connectivity index is 1.49. The van der Waals surface area contributed by atoms with Gasteiger partial charge in [0.25, 0.3) is 0 Å². The number of piperidine rings is 1. The lowest BCUT2D eigenvalue weighted by Gasteiger charge is -2.34. The topological polar surface area (TPSA) is 58.4 Å². The average molecular weight is 301 g/mol. The number of rotatable bonds is 5. The van der Waals surface area contributed by atoms with Gasteiger partial charge in [0, 0.05) is 19.1 Å². The van der Waals surface area contributed by atoms with E-state index in [0.29, 0.717) is 6.04 Å². The molecule has 1 aliphatic carbocycles. The van der Waals surface area contributed by atoms with Gasteiger partial charge in [-0.15, -0.1) is 0 Å². The minimum Gasteiger partial charge on any atom is -0.341 e. The SMILES string of the molecule is Cc1ccc(C(N)C(=O)N2CCC(NCC3CC3)CC2)cc1. The summed E-state index contributed by atoms with van der Waals surface area (Å²) < 4.78 is 0. The molecule has 3 rings (SSSR count). The molecule has 1 saturated carbocycles. The number of hydrogen-bond acceptors (Lipinski definition) is 3. The van der Waals surface area contributed by atoms with Crippen LogP contribution in [0.25, 0.3) is 0 Å².